The van der Waals surface area contributed by atoms with Crippen LogP contribution in [0.1, 0.15) is 54.4 Å². The summed E-state index contributed by atoms with van der Waals surface area (Å²) in [5.41, 5.74) is 1.50. The Hall–Kier alpha value is -2.04. The summed E-state index contributed by atoms with van der Waals surface area (Å²) in [5.74, 6) is 0.550. The monoisotopic (exact) mass is 401 g/mol. The summed E-state index contributed by atoms with van der Waals surface area (Å²) in [4.78, 5) is 12.4. The molecule has 1 aliphatic carbocycles. The molecule has 2 aromatic rings. The average molecular weight is 402 g/mol. The lowest BCUT2D eigenvalue weighted by Gasteiger charge is -2.21. The maximum atomic E-state index is 12.4. The number of nitrogens with one attached hydrogen (secondary N) is 1. The van der Waals surface area contributed by atoms with Gasteiger partial charge in [0.15, 0.2) is 0 Å². The van der Waals surface area contributed by atoms with Gasteiger partial charge in [0.1, 0.15) is 12.4 Å². The molecule has 1 N–H and O–H groups in total. The Morgan fingerprint density at radius 1 is 1.07 bits per heavy atom. The minimum atomic E-state index is -0.0964. The Morgan fingerprint density at radius 2 is 1.89 bits per heavy atom. The van der Waals surface area contributed by atoms with Gasteiger partial charge in [-0.2, -0.15) is 0 Å². The lowest BCUT2D eigenvalue weighted by Crippen LogP contribution is -2.26. The summed E-state index contributed by atoms with van der Waals surface area (Å²) in [6.45, 7) is 1.67. The Morgan fingerprint density at radius 3 is 2.71 bits per heavy atom. The van der Waals surface area contributed by atoms with Crippen molar-refractivity contribution in [3.8, 4) is 5.75 Å². The molecule has 0 heterocycles. The number of hydrogen-bond acceptors (Lipinski definition) is 3. The van der Waals surface area contributed by atoms with Crippen molar-refractivity contribution in [2.75, 3.05) is 13.2 Å². The van der Waals surface area contributed by atoms with Crippen molar-refractivity contribution in [2.24, 2.45) is 0 Å². The van der Waals surface area contributed by atoms with E-state index in [-0.39, 0.29) is 5.91 Å². The van der Waals surface area contributed by atoms with E-state index in [1.165, 1.54) is 32.1 Å². The smallest absolute Gasteiger partial charge is 0.251 e. The van der Waals surface area contributed by atoms with E-state index >= 15 is 0 Å². The standard InChI is InChI=1S/C23H28ClNO3/c24-22-13-5-4-8-19(22)17-28-21-12-6-9-18(16-21)23(26)25-14-7-15-27-20-10-2-1-3-11-20/h4-6,8-9,12-13,16,20H,1-3,7,10-11,14-15,17H2,(H,25,26). The van der Waals surface area contributed by atoms with Gasteiger partial charge in [-0.15, -0.1) is 0 Å². The number of rotatable bonds is 9. The molecule has 0 aromatic heterocycles. The molecular weight excluding hydrogens is 374 g/mol. The van der Waals surface area contributed by atoms with Gasteiger partial charge in [0.25, 0.3) is 5.91 Å². The predicted octanol–water partition coefficient (Wildman–Crippen LogP) is 5.39. The molecule has 28 heavy (non-hydrogen) atoms. The van der Waals surface area contributed by atoms with Gasteiger partial charge in [0.2, 0.25) is 0 Å². The van der Waals surface area contributed by atoms with Crippen LogP contribution in [-0.2, 0) is 11.3 Å². The highest BCUT2D eigenvalue weighted by molar-refractivity contribution is 6.31. The molecule has 0 spiro atoms. The number of carbonyl (C=O) groups excluding carboxylic acids is 1. The first-order valence-electron chi connectivity index (χ1n) is 10.1. The minimum Gasteiger partial charge on any atom is -0.489 e. The van der Waals surface area contributed by atoms with Gasteiger partial charge in [0.05, 0.1) is 6.10 Å². The molecule has 0 radical (unpaired) electrons. The van der Waals surface area contributed by atoms with Gasteiger partial charge in [0, 0.05) is 29.3 Å². The van der Waals surface area contributed by atoms with Crippen LogP contribution in [0.2, 0.25) is 5.02 Å². The minimum absolute atomic E-state index is 0.0964. The number of ether oxygens (including phenoxy) is 2. The Balaban J connectivity index is 1.40. The van der Waals surface area contributed by atoms with Gasteiger partial charge >= 0.3 is 0 Å². The molecule has 2 aromatic carbocycles. The molecule has 0 unspecified atom stereocenters. The van der Waals surface area contributed by atoms with E-state index in [9.17, 15) is 4.79 Å². The second-order valence-corrected chi connectivity index (χ2v) is 7.56. The summed E-state index contributed by atoms with van der Waals surface area (Å²) in [7, 11) is 0. The first kappa shape index (κ1) is 20.7. The van der Waals surface area contributed by atoms with Crippen molar-refractivity contribution in [1.82, 2.24) is 5.32 Å². The lowest BCUT2D eigenvalue weighted by molar-refractivity contribution is 0.0273. The van der Waals surface area contributed by atoms with Crippen molar-refractivity contribution in [2.45, 2.75) is 51.2 Å². The molecule has 1 amide bonds. The molecule has 0 saturated heterocycles. The molecule has 0 atom stereocenters. The van der Waals surface area contributed by atoms with E-state index in [0.29, 0.717) is 42.2 Å². The number of hydrogen-bond donors (Lipinski definition) is 1. The number of halogens is 1. The van der Waals surface area contributed by atoms with Crippen LogP contribution in [0, 0.1) is 0 Å². The molecule has 0 aliphatic heterocycles. The maximum Gasteiger partial charge on any atom is 0.251 e. The zero-order chi connectivity index (χ0) is 19.6. The molecule has 1 saturated carbocycles. The van der Waals surface area contributed by atoms with Gasteiger partial charge < -0.3 is 14.8 Å². The fourth-order valence-electron chi connectivity index (χ4n) is 3.36. The zero-order valence-corrected chi connectivity index (χ0v) is 16.9. The Kier molecular flexibility index (Phi) is 8.19. The van der Waals surface area contributed by atoms with Crippen LogP contribution >= 0.6 is 11.6 Å². The fourth-order valence-corrected chi connectivity index (χ4v) is 3.55. The molecule has 1 fully saturated rings. The molecular formula is C23H28ClNO3. The quantitative estimate of drug-likeness (QED) is 0.573. The number of carbonyl (C=O) groups is 1. The van der Waals surface area contributed by atoms with Crippen molar-refractivity contribution >= 4 is 17.5 Å². The summed E-state index contributed by atoms with van der Waals surface area (Å²) < 4.78 is 11.7. The fraction of sp³-hybridized carbons (Fsp3) is 0.435. The van der Waals surface area contributed by atoms with Crippen LogP contribution in [0.25, 0.3) is 0 Å². The zero-order valence-electron chi connectivity index (χ0n) is 16.2. The number of benzene rings is 2. The third kappa shape index (κ3) is 6.54. The van der Waals surface area contributed by atoms with Crippen molar-refractivity contribution < 1.29 is 14.3 Å². The second kappa shape index (κ2) is 11.1. The largest absolute Gasteiger partial charge is 0.489 e. The van der Waals surface area contributed by atoms with E-state index in [1.54, 1.807) is 12.1 Å². The first-order chi connectivity index (χ1) is 13.7. The van der Waals surface area contributed by atoms with Crippen LogP contribution in [-0.4, -0.2) is 25.2 Å². The third-order valence-corrected chi connectivity index (χ3v) is 5.33. The third-order valence-electron chi connectivity index (χ3n) is 4.96. The molecule has 5 heteroatoms. The molecule has 3 rings (SSSR count). The van der Waals surface area contributed by atoms with Crippen molar-refractivity contribution in [1.29, 1.82) is 0 Å². The van der Waals surface area contributed by atoms with E-state index in [2.05, 4.69) is 5.32 Å². The van der Waals surface area contributed by atoms with Gasteiger partial charge in [-0.25, -0.2) is 0 Å². The Labute approximate surface area is 172 Å². The van der Waals surface area contributed by atoms with Crippen molar-refractivity contribution in [3.05, 3.63) is 64.7 Å². The highest BCUT2D eigenvalue weighted by Gasteiger charge is 2.13. The van der Waals surface area contributed by atoms with E-state index in [1.807, 2.05) is 36.4 Å². The van der Waals surface area contributed by atoms with E-state index < -0.39 is 0 Å². The van der Waals surface area contributed by atoms with Crippen LogP contribution < -0.4 is 10.1 Å². The van der Waals surface area contributed by atoms with Crippen LogP contribution in [0.15, 0.2) is 48.5 Å². The SMILES string of the molecule is O=C(NCCCOC1CCCCC1)c1cccc(OCc2ccccc2Cl)c1. The van der Waals surface area contributed by atoms with E-state index in [0.717, 1.165) is 12.0 Å². The summed E-state index contributed by atoms with van der Waals surface area (Å²) in [6.07, 6.45) is 7.46. The molecule has 0 bridgehead atoms. The maximum absolute atomic E-state index is 12.4. The number of amides is 1. The first-order valence-corrected chi connectivity index (χ1v) is 10.5. The van der Waals surface area contributed by atoms with Gasteiger partial charge in [-0.3, -0.25) is 4.79 Å². The average Bonchev–Trinajstić information content (AvgIpc) is 2.74. The van der Waals surface area contributed by atoms with Crippen LogP contribution in [0.3, 0.4) is 0 Å². The van der Waals surface area contributed by atoms with Gasteiger partial charge in [-0.1, -0.05) is 55.1 Å². The second-order valence-electron chi connectivity index (χ2n) is 7.15. The topological polar surface area (TPSA) is 47.6 Å². The Bertz CT molecular complexity index is 759. The molecule has 150 valence electrons. The predicted molar refractivity (Wildman–Crippen MR) is 112 cm³/mol. The van der Waals surface area contributed by atoms with Gasteiger partial charge in [-0.05, 0) is 43.5 Å². The molecule has 4 nitrogen and oxygen atoms in total. The summed E-state index contributed by atoms with van der Waals surface area (Å²) in [5, 5.41) is 3.62. The highest BCUT2D eigenvalue weighted by atomic mass is 35.5. The normalized spacial score (nSPS) is 14.6. The van der Waals surface area contributed by atoms with E-state index in [4.69, 9.17) is 21.1 Å². The highest BCUT2D eigenvalue weighted by Crippen LogP contribution is 2.21. The lowest BCUT2D eigenvalue weighted by atomic mass is 9.98. The summed E-state index contributed by atoms with van der Waals surface area (Å²) >= 11 is 6.15. The van der Waals surface area contributed by atoms with Crippen LogP contribution in [0.5, 0.6) is 5.75 Å². The van der Waals surface area contributed by atoms with Crippen LogP contribution in [0.4, 0.5) is 0 Å². The summed E-state index contributed by atoms with van der Waals surface area (Å²) in [6, 6.07) is 14.8. The molecule has 1 aliphatic rings. The van der Waals surface area contributed by atoms with Crippen molar-refractivity contribution in [3.63, 3.8) is 0 Å².